The predicted octanol–water partition coefficient (Wildman–Crippen LogP) is 2.66. The number of hydrogen-bond acceptors (Lipinski definition) is 3. The Kier molecular flexibility index (Phi) is 5.29. The maximum Gasteiger partial charge on any atom is 0.137 e. The van der Waals surface area contributed by atoms with Gasteiger partial charge in [-0.25, -0.2) is 0 Å². The number of nitrogens with two attached hydrogens (primary N) is 1. The second-order valence-corrected chi connectivity index (χ2v) is 5.13. The Morgan fingerprint density at radius 3 is 2.72 bits per heavy atom. The molecule has 0 bridgehead atoms. The summed E-state index contributed by atoms with van der Waals surface area (Å²) in [6.45, 7) is 4.84. The van der Waals surface area contributed by atoms with Crippen molar-refractivity contribution in [3.8, 4) is 5.75 Å². The van der Waals surface area contributed by atoms with Crippen molar-refractivity contribution in [1.82, 2.24) is 4.90 Å². The van der Waals surface area contributed by atoms with Crippen molar-refractivity contribution in [2.75, 3.05) is 26.2 Å². The highest BCUT2D eigenvalue weighted by molar-refractivity contribution is 6.32. The van der Waals surface area contributed by atoms with E-state index in [-0.39, 0.29) is 0 Å². The van der Waals surface area contributed by atoms with E-state index in [1.807, 2.05) is 18.2 Å². The van der Waals surface area contributed by atoms with Gasteiger partial charge < -0.3 is 15.4 Å². The van der Waals surface area contributed by atoms with Crippen LogP contribution in [0, 0.1) is 0 Å². The Balaban J connectivity index is 1.72. The molecule has 1 aromatic carbocycles. The molecule has 1 fully saturated rings. The van der Waals surface area contributed by atoms with Gasteiger partial charge in [0.2, 0.25) is 0 Å². The van der Waals surface area contributed by atoms with Crippen LogP contribution in [0.3, 0.4) is 0 Å². The predicted molar refractivity (Wildman–Crippen MR) is 75.1 cm³/mol. The lowest BCUT2D eigenvalue weighted by atomic mass is 10.2. The van der Waals surface area contributed by atoms with E-state index in [9.17, 15) is 0 Å². The van der Waals surface area contributed by atoms with Gasteiger partial charge in [-0.2, -0.15) is 0 Å². The molecule has 2 rings (SSSR count). The summed E-state index contributed by atoms with van der Waals surface area (Å²) in [4.78, 5) is 2.49. The maximum absolute atomic E-state index is 6.12. The zero-order valence-corrected chi connectivity index (χ0v) is 11.5. The molecule has 0 spiro atoms. The summed E-state index contributed by atoms with van der Waals surface area (Å²) in [6.07, 6.45) is 3.73. The van der Waals surface area contributed by atoms with Gasteiger partial charge in [0.1, 0.15) is 5.75 Å². The molecule has 0 atom stereocenters. The SMILES string of the molecule is NCc1ccc(OCCCN2CCCC2)c(Cl)c1. The molecule has 0 saturated carbocycles. The summed E-state index contributed by atoms with van der Waals surface area (Å²) in [7, 11) is 0. The third kappa shape index (κ3) is 3.87. The summed E-state index contributed by atoms with van der Waals surface area (Å²) in [5, 5.41) is 0.652. The molecule has 0 aromatic heterocycles. The van der Waals surface area contributed by atoms with Crippen molar-refractivity contribution < 1.29 is 4.74 Å². The first-order valence-corrected chi connectivity index (χ1v) is 7.01. The molecule has 2 N–H and O–H groups in total. The molecular weight excluding hydrogens is 248 g/mol. The molecule has 0 radical (unpaired) electrons. The van der Waals surface area contributed by atoms with Crippen LogP contribution in [0.2, 0.25) is 5.02 Å². The quantitative estimate of drug-likeness (QED) is 0.806. The first-order chi connectivity index (χ1) is 8.79. The lowest BCUT2D eigenvalue weighted by Crippen LogP contribution is -2.21. The van der Waals surface area contributed by atoms with Crippen LogP contribution in [0.1, 0.15) is 24.8 Å². The van der Waals surface area contributed by atoms with E-state index in [0.29, 0.717) is 11.6 Å². The molecule has 1 heterocycles. The van der Waals surface area contributed by atoms with E-state index in [1.165, 1.54) is 25.9 Å². The van der Waals surface area contributed by atoms with Crippen LogP contribution in [-0.4, -0.2) is 31.1 Å². The Morgan fingerprint density at radius 1 is 1.28 bits per heavy atom. The van der Waals surface area contributed by atoms with Crippen LogP contribution in [0.4, 0.5) is 0 Å². The van der Waals surface area contributed by atoms with Crippen molar-refractivity contribution in [2.24, 2.45) is 5.73 Å². The zero-order valence-electron chi connectivity index (χ0n) is 10.7. The van der Waals surface area contributed by atoms with E-state index < -0.39 is 0 Å². The van der Waals surface area contributed by atoms with Gasteiger partial charge in [-0.05, 0) is 50.0 Å². The summed E-state index contributed by atoms with van der Waals surface area (Å²) in [5.74, 6) is 0.760. The lowest BCUT2D eigenvalue weighted by Gasteiger charge is -2.15. The summed E-state index contributed by atoms with van der Waals surface area (Å²) < 4.78 is 5.70. The standard InChI is InChI=1S/C14H21ClN2O/c15-13-10-12(11-16)4-5-14(13)18-9-3-8-17-6-1-2-7-17/h4-5,10H,1-3,6-9,11,16H2. The second-order valence-electron chi connectivity index (χ2n) is 4.72. The van der Waals surface area contributed by atoms with Gasteiger partial charge in [-0.3, -0.25) is 0 Å². The van der Waals surface area contributed by atoms with Gasteiger partial charge in [0.05, 0.1) is 11.6 Å². The summed E-state index contributed by atoms with van der Waals surface area (Å²) >= 11 is 6.12. The normalized spacial score (nSPS) is 16.1. The molecule has 1 aliphatic rings. The van der Waals surface area contributed by atoms with Crippen LogP contribution < -0.4 is 10.5 Å². The van der Waals surface area contributed by atoms with Crippen LogP contribution >= 0.6 is 11.6 Å². The monoisotopic (exact) mass is 268 g/mol. The van der Waals surface area contributed by atoms with Crippen molar-refractivity contribution >= 4 is 11.6 Å². The topological polar surface area (TPSA) is 38.5 Å². The van der Waals surface area contributed by atoms with Gasteiger partial charge in [-0.1, -0.05) is 17.7 Å². The van der Waals surface area contributed by atoms with Gasteiger partial charge in [0.15, 0.2) is 0 Å². The Bertz CT molecular complexity index is 378. The fourth-order valence-corrected chi connectivity index (χ4v) is 2.52. The van der Waals surface area contributed by atoms with E-state index in [1.54, 1.807) is 0 Å². The molecule has 0 aliphatic carbocycles. The summed E-state index contributed by atoms with van der Waals surface area (Å²) in [6, 6.07) is 5.74. The molecule has 1 aliphatic heterocycles. The average Bonchev–Trinajstić information content (AvgIpc) is 2.89. The second kappa shape index (κ2) is 6.98. The minimum absolute atomic E-state index is 0.509. The van der Waals surface area contributed by atoms with Gasteiger partial charge >= 0.3 is 0 Å². The molecule has 100 valence electrons. The number of nitrogens with zero attached hydrogens (tertiary/aromatic N) is 1. The number of ether oxygens (including phenoxy) is 1. The minimum Gasteiger partial charge on any atom is -0.492 e. The van der Waals surface area contributed by atoms with Crippen LogP contribution in [0.5, 0.6) is 5.75 Å². The number of benzene rings is 1. The van der Waals surface area contributed by atoms with Crippen molar-refractivity contribution in [1.29, 1.82) is 0 Å². The molecule has 1 aromatic rings. The van der Waals surface area contributed by atoms with Gasteiger partial charge in [-0.15, -0.1) is 0 Å². The van der Waals surface area contributed by atoms with Crippen LogP contribution in [0.25, 0.3) is 0 Å². The molecule has 0 amide bonds. The van der Waals surface area contributed by atoms with E-state index in [2.05, 4.69) is 4.90 Å². The highest BCUT2D eigenvalue weighted by atomic mass is 35.5. The minimum atomic E-state index is 0.509. The summed E-state index contributed by atoms with van der Waals surface area (Å²) in [5.41, 5.74) is 6.59. The van der Waals surface area contributed by atoms with Gasteiger partial charge in [0, 0.05) is 13.1 Å². The van der Waals surface area contributed by atoms with Crippen molar-refractivity contribution in [3.63, 3.8) is 0 Å². The third-order valence-corrected chi connectivity index (χ3v) is 3.60. The van der Waals surface area contributed by atoms with Crippen molar-refractivity contribution in [2.45, 2.75) is 25.8 Å². The highest BCUT2D eigenvalue weighted by Gasteiger charge is 2.10. The fourth-order valence-electron chi connectivity index (χ4n) is 2.26. The fraction of sp³-hybridized carbons (Fsp3) is 0.571. The number of likely N-dealkylation sites (tertiary alicyclic amines) is 1. The Hall–Kier alpha value is -0.770. The largest absolute Gasteiger partial charge is 0.492 e. The molecule has 1 saturated heterocycles. The first-order valence-electron chi connectivity index (χ1n) is 6.63. The molecule has 4 heteroatoms. The van der Waals surface area contributed by atoms with E-state index in [0.717, 1.165) is 30.9 Å². The third-order valence-electron chi connectivity index (χ3n) is 3.31. The van der Waals surface area contributed by atoms with Crippen LogP contribution in [0.15, 0.2) is 18.2 Å². The maximum atomic E-state index is 6.12. The highest BCUT2D eigenvalue weighted by Crippen LogP contribution is 2.25. The smallest absolute Gasteiger partial charge is 0.137 e. The zero-order chi connectivity index (χ0) is 12.8. The average molecular weight is 269 g/mol. The lowest BCUT2D eigenvalue weighted by molar-refractivity contribution is 0.263. The molecule has 0 unspecified atom stereocenters. The van der Waals surface area contributed by atoms with Gasteiger partial charge in [0.25, 0.3) is 0 Å². The Labute approximate surface area is 114 Å². The molecular formula is C14H21ClN2O. The van der Waals surface area contributed by atoms with E-state index in [4.69, 9.17) is 22.1 Å². The van der Waals surface area contributed by atoms with E-state index >= 15 is 0 Å². The Morgan fingerprint density at radius 2 is 2.06 bits per heavy atom. The first kappa shape index (κ1) is 13.7. The number of rotatable bonds is 6. The van der Waals surface area contributed by atoms with Crippen molar-refractivity contribution in [3.05, 3.63) is 28.8 Å². The molecule has 3 nitrogen and oxygen atoms in total. The number of hydrogen-bond donors (Lipinski definition) is 1. The number of halogens is 1. The van der Waals surface area contributed by atoms with Crippen LogP contribution in [-0.2, 0) is 6.54 Å². The molecule has 18 heavy (non-hydrogen) atoms.